The number of benzene rings is 1. The van der Waals surface area contributed by atoms with Crippen molar-refractivity contribution < 1.29 is 4.79 Å². The lowest BCUT2D eigenvalue weighted by Crippen LogP contribution is -2.39. The fourth-order valence-electron chi connectivity index (χ4n) is 2.00. The van der Waals surface area contributed by atoms with Crippen molar-refractivity contribution in [1.82, 2.24) is 15.3 Å². The minimum absolute atomic E-state index is 0.143. The number of nitrogens with one attached hydrogen (secondary N) is 2. The molecular formula is C17H22N4O. The van der Waals surface area contributed by atoms with Crippen LogP contribution in [0.25, 0.3) is 0 Å². The van der Waals surface area contributed by atoms with Crippen molar-refractivity contribution in [2.45, 2.75) is 26.8 Å². The average Bonchev–Trinajstić information content (AvgIpc) is 2.52. The number of aromatic nitrogens is 2. The number of anilines is 1. The Hall–Kier alpha value is -2.43. The van der Waals surface area contributed by atoms with Crippen molar-refractivity contribution in [2.24, 2.45) is 5.92 Å². The maximum absolute atomic E-state index is 12.1. The van der Waals surface area contributed by atoms with Crippen molar-refractivity contribution in [1.29, 1.82) is 0 Å². The summed E-state index contributed by atoms with van der Waals surface area (Å²) in [6, 6.07) is 10.1. The summed E-state index contributed by atoms with van der Waals surface area (Å²) in [5.41, 5.74) is 2.18. The number of hydrogen-bond donors (Lipinski definition) is 2. The molecule has 116 valence electrons. The fraction of sp³-hybridized carbons (Fsp3) is 0.353. The van der Waals surface area contributed by atoms with Crippen LogP contribution in [0.3, 0.4) is 0 Å². The van der Waals surface area contributed by atoms with Crippen LogP contribution in [0.5, 0.6) is 0 Å². The fourth-order valence-corrected chi connectivity index (χ4v) is 2.00. The maximum atomic E-state index is 12.1. The summed E-state index contributed by atoms with van der Waals surface area (Å²) in [5, 5.41) is 6.36. The first kappa shape index (κ1) is 15.9. The van der Waals surface area contributed by atoms with Gasteiger partial charge in [0.1, 0.15) is 5.69 Å². The number of aryl methyl sites for hydroxylation is 1. The molecule has 2 N–H and O–H groups in total. The van der Waals surface area contributed by atoms with Crippen LogP contribution in [0.15, 0.2) is 42.7 Å². The number of carbonyl (C=O) groups is 1. The molecule has 0 aliphatic heterocycles. The Balaban J connectivity index is 1.94. The van der Waals surface area contributed by atoms with E-state index >= 15 is 0 Å². The van der Waals surface area contributed by atoms with Gasteiger partial charge in [-0.3, -0.25) is 9.78 Å². The molecule has 2 rings (SSSR count). The lowest BCUT2D eigenvalue weighted by molar-refractivity contribution is 0.0945. The molecule has 0 spiro atoms. The van der Waals surface area contributed by atoms with E-state index in [4.69, 9.17) is 0 Å². The van der Waals surface area contributed by atoms with Gasteiger partial charge in [0.05, 0.1) is 11.9 Å². The molecule has 1 amide bonds. The topological polar surface area (TPSA) is 66.9 Å². The van der Waals surface area contributed by atoms with E-state index in [9.17, 15) is 4.79 Å². The number of amides is 1. The van der Waals surface area contributed by atoms with E-state index < -0.39 is 0 Å². The number of hydrogen-bond acceptors (Lipinski definition) is 4. The van der Waals surface area contributed by atoms with Gasteiger partial charge in [0.25, 0.3) is 5.91 Å². The van der Waals surface area contributed by atoms with E-state index in [1.165, 1.54) is 6.20 Å². The highest BCUT2D eigenvalue weighted by molar-refractivity contribution is 5.91. The van der Waals surface area contributed by atoms with E-state index in [1.54, 1.807) is 6.20 Å². The summed E-state index contributed by atoms with van der Waals surface area (Å²) < 4.78 is 0. The lowest BCUT2D eigenvalue weighted by Gasteiger charge is -2.24. The molecular weight excluding hydrogens is 276 g/mol. The zero-order valence-electron chi connectivity index (χ0n) is 13.2. The molecule has 0 aliphatic rings. The van der Waals surface area contributed by atoms with Gasteiger partial charge in [-0.2, -0.15) is 0 Å². The summed E-state index contributed by atoms with van der Waals surface area (Å²) in [4.78, 5) is 20.3. The van der Waals surface area contributed by atoms with Gasteiger partial charge in [-0.25, -0.2) is 4.98 Å². The Kier molecular flexibility index (Phi) is 5.47. The standard InChI is InChI=1S/C17H22N4O/c1-12(2)15(21-14-7-5-4-6-8-14)10-20-17(22)16-11-18-13(3)9-19-16/h4-9,11-12,15,21H,10H2,1-3H3,(H,20,22). The number of carbonyl (C=O) groups excluding carboxylic acids is 1. The highest BCUT2D eigenvalue weighted by Gasteiger charge is 2.15. The second-order valence-corrected chi connectivity index (χ2v) is 5.61. The molecule has 22 heavy (non-hydrogen) atoms. The van der Waals surface area contributed by atoms with Crippen molar-refractivity contribution in [3.8, 4) is 0 Å². The molecule has 5 nitrogen and oxygen atoms in total. The molecule has 5 heteroatoms. The second-order valence-electron chi connectivity index (χ2n) is 5.61. The normalized spacial score (nSPS) is 12.0. The summed E-state index contributed by atoms with van der Waals surface area (Å²) in [7, 11) is 0. The Morgan fingerprint density at radius 1 is 1.14 bits per heavy atom. The van der Waals surface area contributed by atoms with Gasteiger partial charge in [-0.15, -0.1) is 0 Å². The van der Waals surface area contributed by atoms with Gasteiger partial charge in [0, 0.05) is 24.5 Å². The van der Waals surface area contributed by atoms with Gasteiger partial charge < -0.3 is 10.6 Å². The molecule has 2 aromatic rings. The minimum atomic E-state index is -0.201. The van der Waals surface area contributed by atoms with E-state index in [0.29, 0.717) is 18.2 Å². The number of para-hydroxylation sites is 1. The molecule has 0 fully saturated rings. The van der Waals surface area contributed by atoms with Crippen molar-refractivity contribution in [2.75, 3.05) is 11.9 Å². The van der Waals surface area contributed by atoms with Crippen molar-refractivity contribution >= 4 is 11.6 Å². The molecule has 0 saturated carbocycles. The van der Waals surface area contributed by atoms with Crippen LogP contribution in [0.4, 0.5) is 5.69 Å². The van der Waals surface area contributed by atoms with Gasteiger partial charge in [0.2, 0.25) is 0 Å². The Morgan fingerprint density at radius 2 is 1.86 bits per heavy atom. The quantitative estimate of drug-likeness (QED) is 0.860. The van der Waals surface area contributed by atoms with Crippen LogP contribution >= 0.6 is 0 Å². The SMILES string of the molecule is Cc1cnc(C(=O)NCC(Nc2ccccc2)C(C)C)cn1. The molecule has 0 bridgehead atoms. The van der Waals surface area contributed by atoms with E-state index in [0.717, 1.165) is 11.4 Å². The van der Waals surface area contributed by atoms with Gasteiger partial charge >= 0.3 is 0 Å². The maximum Gasteiger partial charge on any atom is 0.271 e. The summed E-state index contributed by atoms with van der Waals surface area (Å²) in [6.45, 7) is 6.62. The third kappa shape index (κ3) is 4.55. The number of nitrogens with zero attached hydrogens (tertiary/aromatic N) is 2. The summed E-state index contributed by atoms with van der Waals surface area (Å²) >= 11 is 0. The van der Waals surface area contributed by atoms with E-state index in [-0.39, 0.29) is 11.9 Å². The zero-order chi connectivity index (χ0) is 15.9. The van der Waals surface area contributed by atoms with Crippen molar-refractivity contribution in [3.63, 3.8) is 0 Å². The monoisotopic (exact) mass is 298 g/mol. The van der Waals surface area contributed by atoms with Crippen LogP contribution in [0, 0.1) is 12.8 Å². The van der Waals surface area contributed by atoms with Crippen LogP contribution in [0.2, 0.25) is 0 Å². The molecule has 1 aromatic heterocycles. The van der Waals surface area contributed by atoms with Crippen molar-refractivity contribution in [3.05, 3.63) is 54.1 Å². The largest absolute Gasteiger partial charge is 0.380 e. The van der Waals surface area contributed by atoms with Gasteiger partial charge in [-0.1, -0.05) is 32.0 Å². The van der Waals surface area contributed by atoms with Gasteiger partial charge in [-0.05, 0) is 25.0 Å². The van der Waals surface area contributed by atoms with Crippen LogP contribution < -0.4 is 10.6 Å². The average molecular weight is 298 g/mol. The third-order valence-electron chi connectivity index (χ3n) is 3.43. The molecule has 0 aliphatic carbocycles. The van der Waals surface area contributed by atoms with Crippen LogP contribution in [-0.2, 0) is 0 Å². The first-order valence-electron chi connectivity index (χ1n) is 7.44. The Morgan fingerprint density at radius 3 is 2.45 bits per heavy atom. The predicted molar refractivity (Wildman–Crippen MR) is 87.8 cm³/mol. The smallest absolute Gasteiger partial charge is 0.271 e. The van der Waals surface area contributed by atoms with E-state index in [2.05, 4.69) is 34.4 Å². The first-order valence-corrected chi connectivity index (χ1v) is 7.44. The predicted octanol–water partition coefficient (Wildman–Crippen LogP) is 2.65. The molecule has 1 atom stereocenters. The molecule has 1 aromatic carbocycles. The Bertz CT molecular complexity index is 596. The zero-order valence-corrected chi connectivity index (χ0v) is 13.2. The van der Waals surface area contributed by atoms with E-state index in [1.807, 2.05) is 37.3 Å². The van der Waals surface area contributed by atoms with Crippen LogP contribution in [0.1, 0.15) is 30.0 Å². The van der Waals surface area contributed by atoms with Crippen LogP contribution in [-0.4, -0.2) is 28.5 Å². The van der Waals surface area contributed by atoms with Gasteiger partial charge in [0.15, 0.2) is 0 Å². The lowest BCUT2D eigenvalue weighted by atomic mass is 10.0. The Labute approximate surface area is 131 Å². The second kappa shape index (κ2) is 7.54. The highest BCUT2D eigenvalue weighted by atomic mass is 16.1. The molecule has 1 unspecified atom stereocenters. The third-order valence-corrected chi connectivity index (χ3v) is 3.43. The summed E-state index contributed by atoms with van der Waals surface area (Å²) in [6.07, 6.45) is 3.09. The molecule has 1 heterocycles. The minimum Gasteiger partial charge on any atom is -0.380 e. The number of rotatable bonds is 6. The molecule has 0 radical (unpaired) electrons. The first-order chi connectivity index (χ1) is 10.6. The highest BCUT2D eigenvalue weighted by Crippen LogP contribution is 2.11. The molecule has 0 saturated heterocycles. The summed E-state index contributed by atoms with van der Waals surface area (Å²) in [5.74, 6) is 0.178.